The highest BCUT2D eigenvalue weighted by Gasteiger charge is 2.28. The lowest BCUT2D eigenvalue weighted by Gasteiger charge is -2.38. The SMILES string of the molecule is CCCN1CC(CCC(=O)OC)CC(NC(=O)C(C)C)C1. The lowest BCUT2D eigenvalue weighted by Crippen LogP contribution is -2.51. The molecule has 1 aliphatic heterocycles. The number of rotatable bonds is 7. The summed E-state index contributed by atoms with van der Waals surface area (Å²) in [6, 6.07) is 0.197. The number of piperidine rings is 1. The van der Waals surface area contributed by atoms with E-state index in [-0.39, 0.29) is 23.8 Å². The molecule has 0 radical (unpaired) electrons. The minimum absolute atomic E-state index is 0.0140. The molecule has 1 fully saturated rings. The van der Waals surface area contributed by atoms with Crippen molar-refractivity contribution in [2.24, 2.45) is 11.8 Å². The summed E-state index contributed by atoms with van der Waals surface area (Å²) in [6.07, 6.45) is 3.36. The molecular formula is C16H30N2O3. The number of likely N-dealkylation sites (tertiary alicyclic amines) is 1. The van der Waals surface area contributed by atoms with Crippen molar-refractivity contribution in [3.05, 3.63) is 0 Å². The molecule has 5 nitrogen and oxygen atoms in total. The number of esters is 1. The predicted octanol–water partition coefficient (Wildman–Crippen LogP) is 1.81. The van der Waals surface area contributed by atoms with E-state index in [2.05, 4.69) is 17.1 Å². The average molecular weight is 298 g/mol. The largest absolute Gasteiger partial charge is 0.469 e. The van der Waals surface area contributed by atoms with Crippen LogP contribution in [-0.4, -0.2) is 49.6 Å². The van der Waals surface area contributed by atoms with Gasteiger partial charge in [-0.05, 0) is 31.7 Å². The van der Waals surface area contributed by atoms with E-state index in [9.17, 15) is 9.59 Å². The van der Waals surface area contributed by atoms with E-state index in [0.29, 0.717) is 12.3 Å². The molecule has 2 unspecified atom stereocenters. The monoisotopic (exact) mass is 298 g/mol. The molecule has 0 aromatic heterocycles. The first-order chi connectivity index (χ1) is 9.96. The molecule has 1 amide bonds. The van der Waals surface area contributed by atoms with Gasteiger partial charge in [0, 0.05) is 31.5 Å². The highest BCUT2D eigenvalue weighted by Crippen LogP contribution is 2.22. The van der Waals surface area contributed by atoms with Crippen LogP contribution in [0, 0.1) is 11.8 Å². The molecule has 1 rings (SSSR count). The number of carbonyl (C=O) groups excluding carboxylic acids is 2. The molecule has 1 aliphatic rings. The van der Waals surface area contributed by atoms with Crippen LogP contribution < -0.4 is 5.32 Å². The summed E-state index contributed by atoms with van der Waals surface area (Å²) in [6.45, 7) is 8.97. The van der Waals surface area contributed by atoms with Crippen LogP contribution in [0.25, 0.3) is 0 Å². The van der Waals surface area contributed by atoms with Crippen molar-refractivity contribution in [1.29, 1.82) is 0 Å². The number of ether oxygens (including phenoxy) is 1. The Morgan fingerprint density at radius 1 is 1.33 bits per heavy atom. The van der Waals surface area contributed by atoms with E-state index >= 15 is 0 Å². The number of hydrogen-bond acceptors (Lipinski definition) is 4. The zero-order chi connectivity index (χ0) is 15.8. The number of nitrogens with zero attached hydrogens (tertiary/aromatic N) is 1. The van der Waals surface area contributed by atoms with Crippen LogP contribution in [0.5, 0.6) is 0 Å². The molecule has 0 aliphatic carbocycles. The summed E-state index contributed by atoms with van der Waals surface area (Å²) in [7, 11) is 1.43. The maximum Gasteiger partial charge on any atom is 0.305 e. The highest BCUT2D eigenvalue weighted by atomic mass is 16.5. The Morgan fingerprint density at radius 2 is 2.05 bits per heavy atom. The summed E-state index contributed by atoms with van der Waals surface area (Å²) in [4.78, 5) is 25.6. The Balaban J connectivity index is 2.55. The third-order valence-corrected chi connectivity index (χ3v) is 4.01. The first kappa shape index (κ1) is 18.0. The van der Waals surface area contributed by atoms with Crippen molar-refractivity contribution in [1.82, 2.24) is 10.2 Å². The highest BCUT2D eigenvalue weighted by molar-refractivity contribution is 5.78. The van der Waals surface area contributed by atoms with Crippen LogP contribution in [0.15, 0.2) is 0 Å². The normalized spacial score (nSPS) is 23.1. The minimum atomic E-state index is -0.148. The van der Waals surface area contributed by atoms with Gasteiger partial charge in [0.15, 0.2) is 0 Å². The summed E-state index contributed by atoms with van der Waals surface area (Å²) < 4.78 is 4.72. The lowest BCUT2D eigenvalue weighted by atomic mass is 9.90. The molecule has 0 spiro atoms. The molecule has 21 heavy (non-hydrogen) atoms. The maximum absolute atomic E-state index is 11.9. The van der Waals surface area contributed by atoms with E-state index < -0.39 is 0 Å². The standard InChI is InChI=1S/C16H30N2O3/c1-5-8-18-10-13(6-7-15(19)21-4)9-14(11-18)17-16(20)12(2)3/h12-14H,5-11H2,1-4H3,(H,17,20). The van der Waals surface area contributed by atoms with Gasteiger partial charge in [0.2, 0.25) is 5.91 Å². The first-order valence-electron chi connectivity index (χ1n) is 8.05. The van der Waals surface area contributed by atoms with E-state index in [1.807, 2.05) is 13.8 Å². The smallest absolute Gasteiger partial charge is 0.305 e. The van der Waals surface area contributed by atoms with Crippen molar-refractivity contribution in [2.45, 2.75) is 52.5 Å². The van der Waals surface area contributed by atoms with Crippen molar-refractivity contribution >= 4 is 11.9 Å². The van der Waals surface area contributed by atoms with Crippen LogP contribution in [0.3, 0.4) is 0 Å². The molecule has 1 heterocycles. The zero-order valence-electron chi connectivity index (χ0n) is 13.9. The topological polar surface area (TPSA) is 58.6 Å². The van der Waals surface area contributed by atoms with Gasteiger partial charge in [-0.25, -0.2) is 0 Å². The van der Waals surface area contributed by atoms with Gasteiger partial charge >= 0.3 is 5.97 Å². The van der Waals surface area contributed by atoms with E-state index in [1.165, 1.54) is 7.11 Å². The Bertz CT molecular complexity index is 344. The molecule has 0 aromatic rings. The number of nitrogens with one attached hydrogen (secondary N) is 1. The van der Waals surface area contributed by atoms with Gasteiger partial charge in [0.1, 0.15) is 0 Å². The van der Waals surface area contributed by atoms with Crippen molar-refractivity contribution < 1.29 is 14.3 Å². The first-order valence-corrected chi connectivity index (χ1v) is 8.05. The molecule has 5 heteroatoms. The second-order valence-electron chi connectivity index (χ2n) is 6.34. The quantitative estimate of drug-likeness (QED) is 0.728. The molecule has 0 saturated carbocycles. The van der Waals surface area contributed by atoms with Crippen LogP contribution in [0.1, 0.15) is 46.5 Å². The van der Waals surface area contributed by atoms with E-state index in [4.69, 9.17) is 4.74 Å². The number of amides is 1. The number of hydrogen-bond donors (Lipinski definition) is 1. The Morgan fingerprint density at radius 3 is 2.62 bits per heavy atom. The third-order valence-electron chi connectivity index (χ3n) is 4.01. The van der Waals surface area contributed by atoms with Crippen molar-refractivity contribution in [2.75, 3.05) is 26.7 Å². The number of methoxy groups -OCH3 is 1. The van der Waals surface area contributed by atoms with Crippen LogP contribution in [0.2, 0.25) is 0 Å². The van der Waals surface area contributed by atoms with Crippen LogP contribution >= 0.6 is 0 Å². The van der Waals surface area contributed by atoms with Gasteiger partial charge < -0.3 is 15.0 Å². The second kappa shape index (κ2) is 9.03. The van der Waals surface area contributed by atoms with Gasteiger partial charge in [-0.1, -0.05) is 20.8 Å². The summed E-state index contributed by atoms with van der Waals surface area (Å²) in [5.41, 5.74) is 0. The molecular weight excluding hydrogens is 268 g/mol. The van der Waals surface area contributed by atoms with Gasteiger partial charge in [0.05, 0.1) is 7.11 Å². The van der Waals surface area contributed by atoms with Gasteiger partial charge in [-0.3, -0.25) is 9.59 Å². The maximum atomic E-state index is 11.9. The lowest BCUT2D eigenvalue weighted by molar-refractivity contribution is -0.141. The Labute approximate surface area is 128 Å². The van der Waals surface area contributed by atoms with Crippen molar-refractivity contribution in [3.8, 4) is 0 Å². The molecule has 122 valence electrons. The summed E-state index contributed by atoms with van der Waals surface area (Å²) >= 11 is 0. The van der Waals surface area contributed by atoms with Crippen LogP contribution in [-0.2, 0) is 14.3 Å². The van der Waals surface area contributed by atoms with Crippen LogP contribution in [0.4, 0.5) is 0 Å². The Hall–Kier alpha value is -1.10. The van der Waals surface area contributed by atoms with E-state index in [1.54, 1.807) is 0 Å². The van der Waals surface area contributed by atoms with Gasteiger partial charge in [-0.15, -0.1) is 0 Å². The summed E-state index contributed by atoms with van der Waals surface area (Å²) in [5.74, 6) is 0.428. The molecule has 1 saturated heterocycles. The second-order valence-corrected chi connectivity index (χ2v) is 6.34. The van der Waals surface area contributed by atoms with E-state index in [0.717, 1.165) is 38.9 Å². The fraction of sp³-hybridized carbons (Fsp3) is 0.875. The van der Waals surface area contributed by atoms with Gasteiger partial charge in [0.25, 0.3) is 0 Å². The van der Waals surface area contributed by atoms with Gasteiger partial charge in [-0.2, -0.15) is 0 Å². The average Bonchev–Trinajstić information content (AvgIpc) is 2.44. The molecule has 0 bridgehead atoms. The minimum Gasteiger partial charge on any atom is -0.469 e. The third kappa shape index (κ3) is 6.46. The molecule has 2 atom stereocenters. The molecule has 1 N–H and O–H groups in total. The van der Waals surface area contributed by atoms with Crippen molar-refractivity contribution in [3.63, 3.8) is 0 Å². The summed E-state index contributed by atoms with van der Waals surface area (Å²) in [5, 5.41) is 3.14. The fourth-order valence-corrected chi connectivity index (χ4v) is 2.91. The fourth-order valence-electron chi connectivity index (χ4n) is 2.91. The number of carbonyl (C=O) groups is 2. The zero-order valence-corrected chi connectivity index (χ0v) is 13.9. The Kier molecular flexibility index (Phi) is 7.72. The molecule has 0 aromatic carbocycles. The predicted molar refractivity (Wildman–Crippen MR) is 82.9 cm³/mol.